The molecule has 0 bridgehead atoms. The maximum Gasteiger partial charge on any atom is 0.497 e. The van der Waals surface area contributed by atoms with E-state index in [4.69, 9.17) is 0 Å². The molecule has 0 saturated heterocycles. The van der Waals surface area contributed by atoms with Crippen molar-refractivity contribution in [1.29, 1.82) is 0 Å². The number of hydrogen-bond donors (Lipinski definition) is 0. The van der Waals surface area contributed by atoms with Crippen molar-refractivity contribution in [2.45, 2.75) is 0 Å². The number of anilines is 1. The van der Waals surface area contributed by atoms with Crippen LogP contribution in [0.25, 0.3) is 0 Å². The van der Waals surface area contributed by atoms with Crippen LogP contribution in [0, 0.1) is 11.6 Å². The topological polar surface area (TPSA) is 37.4 Å². The first kappa shape index (κ1) is 12.5. The lowest BCUT2D eigenvalue weighted by atomic mass is 9.91. The number of ketones is 1. The Labute approximate surface area is 97.2 Å². The summed E-state index contributed by atoms with van der Waals surface area (Å²) in [6.45, 7) is -5.43. The molecule has 1 aliphatic heterocycles. The van der Waals surface area contributed by atoms with Gasteiger partial charge in [-0.25, -0.2) is 8.78 Å². The van der Waals surface area contributed by atoms with Crippen molar-refractivity contribution in [3.8, 4) is 0 Å². The molecule has 1 aliphatic rings. The number of halogens is 5. The van der Waals surface area contributed by atoms with Crippen molar-refractivity contribution in [2.75, 3.05) is 11.3 Å². The van der Waals surface area contributed by atoms with E-state index in [2.05, 4.69) is 0 Å². The number of carbonyl (C=O) groups is 2. The summed E-state index contributed by atoms with van der Waals surface area (Å²) in [6.07, 6.45) is -1.74. The number of benzene rings is 1. The molecule has 0 radical (unpaired) electrons. The summed E-state index contributed by atoms with van der Waals surface area (Å²) in [7, 11) is 0. The second-order valence-corrected chi connectivity index (χ2v) is 3.74. The molecule has 2 rings (SSSR count). The molecule has 0 unspecified atom stereocenters. The van der Waals surface area contributed by atoms with Crippen LogP contribution >= 0.6 is 0 Å². The third-order valence-electron chi connectivity index (χ3n) is 2.37. The van der Waals surface area contributed by atoms with Crippen LogP contribution in [0.15, 0.2) is 12.1 Å². The second kappa shape index (κ2) is 3.79. The van der Waals surface area contributed by atoms with Gasteiger partial charge in [0.05, 0.1) is 11.3 Å². The number of amides is 1. The highest BCUT2D eigenvalue weighted by Crippen LogP contribution is 2.33. The van der Waals surface area contributed by atoms with E-state index in [9.17, 15) is 31.3 Å². The van der Waals surface area contributed by atoms with Crippen LogP contribution in [-0.2, 0) is 4.79 Å². The monoisotopic (exact) mass is 264 g/mol. The molecular formula is C9H4BF5NO2-. The Balaban J connectivity index is 2.55. The lowest BCUT2D eigenvalue weighted by Crippen LogP contribution is -2.41. The highest BCUT2D eigenvalue weighted by atomic mass is 19.4. The van der Waals surface area contributed by atoms with Gasteiger partial charge in [-0.2, -0.15) is 0 Å². The molecular weight excluding hydrogens is 260 g/mol. The van der Waals surface area contributed by atoms with Gasteiger partial charge >= 0.3 is 6.98 Å². The van der Waals surface area contributed by atoms with Crippen LogP contribution in [0.1, 0.15) is 10.4 Å². The van der Waals surface area contributed by atoms with E-state index in [0.29, 0.717) is 12.1 Å². The minimum absolute atomic E-state index is 0.00750. The Morgan fingerprint density at radius 2 is 1.72 bits per heavy atom. The number of rotatable bonds is 2. The molecule has 0 atom stereocenters. The molecule has 0 spiro atoms. The first-order valence-electron chi connectivity index (χ1n) is 4.77. The molecule has 0 aromatic heterocycles. The third-order valence-corrected chi connectivity index (χ3v) is 2.37. The average molecular weight is 264 g/mol. The Kier molecular flexibility index (Phi) is 2.64. The quantitative estimate of drug-likeness (QED) is 0.464. The summed E-state index contributed by atoms with van der Waals surface area (Å²) < 4.78 is 63.0. The van der Waals surface area contributed by atoms with E-state index in [-0.39, 0.29) is 4.90 Å². The highest BCUT2D eigenvalue weighted by Gasteiger charge is 2.42. The largest absolute Gasteiger partial charge is 0.497 e. The molecule has 9 heteroatoms. The first-order chi connectivity index (χ1) is 8.20. The van der Waals surface area contributed by atoms with Crippen molar-refractivity contribution in [3.63, 3.8) is 0 Å². The smallest absolute Gasteiger partial charge is 0.448 e. The minimum Gasteiger partial charge on any atom is -0.448 e. The zero-order chi connectivity index (χ0) is 13.7. The van der Waals surface area contributed by atoms with Gasteiger partial charge in [-0.1, -0.05) is 0 Å². The number of Topliss-reactive ketones (excluding diaryl/α,β-unsaturated/α-hetero) is 1. The maximum atomic E-state index is 13.4. The predicted octanol–water partition coefficient (Wildman–Crippen LogP) is 1.88. The molecule has 96 valence electrons. The predicted molar refractivity (Wildman–Crippen MR) is 52.1 cm³/mol. The van der Waals surface area contributed by atoms with Crippen LogP contribution in [-0.4, -0.2) is 25.1 Å². The standard InChI is InChI=1S/C9H4BF5NO2/c11-4-1-5-7(6(12)2-4)16(3-10(13,14)15)9(18)8(5)17/h1-2H,3H2/q-1. The Morgan fingerprint density at radius 3 is 2.28 bits per heavy atom. The lowest BCUT2D eigenvalue weighted by molar-refractivity contribution is -0.114. The Bertz CT molecular complexity index is 557. The van der Waals surface area contributed by atoms with Gasteiger partial charge in [0.1, 0.15) is 11.6 Å². The molecule has 1 aromatic rings. The van der Waals surface area contributed by atoms with Gasteiger partial charge in [0, 0.05) is 6.07 Å². The number of nitrogens with zero attached hydrogens (tertiary/aromatic N) is 1. The van der Waals surface area contributed by atoms with Crippen molar-refractivity contribution in [2.24, 2.45) is 0 Å². The Morgan fingerprint density at radius 1 is 1.11 bits per heavy atom. The zero-order valence-corrected chi connectivity index (χ0v) is 8.59. The molecule has 1 aromatic carbocycles. The number of fused-ring (bicyclic) bond motifs is 1. The Hall–Kier alpha value is -1.93. The van der Waals surface area contributed by atoms with E-state index < -0.39 is 48.0 Å². The van der Waals surface area contributed by atoms with Gasteiger partial charge in [0.15, 0.2) is 0 Å². The van der Waals surface area contributed by atoms with Crippen molar-refractivity contribution >= 4 is 24.4 Å². The van der Waals surface area contributed by atoms with Gasteiger partial charge in [0.2, 0.25) is 0 Å². The van der Waals surface area contributed by atoms with Crippen LogP contribution in [0.2, 0.25) is 0 Å². The van der Waals surface area contributed by atoms with E-state index >= 15 is 0 Å². The van der Waals surface area contributed by atoms with Crippen molar-refractivity contribution in [1.82, 2.24) is 0 Å². The van der Waals surface area contributed by atoms with E-state index in [1.807, 2.05) is 0 Å². The molecule has 0 aliphatic carbocycles. The van der Waals surface area contributed by atoms with Gasteiger partial charge < -0.3 is 17.8 Å². The van der Waals surface area contributed by atoms with Crippen molar-refractivity contribution < 1.29 is 31.3 Å². The minimum atomic E-state index is -5.43. The summed E-state index contributed by atoms with van der Waals surface area (Å²) in [5.41, 5.74) is -1.50. The first-order valence-corrected chi connectivity index (χ1v) is 4.77. The molecule has 0 saturated carbocycles. The molecule has 3 nitrogen and oxygen atoms in total. The van der Waals surface area contributed by atoms with Crippen LogP contribution in [0.5, 0.6) is 0 Å². The summed E-state index contributed by atoms with van der Waals surface area (Å²) >= 11 is 0. The fourth-order valence-electron chi connectivity index (χ4n) is 1.73. The molecule has 1 heterocycles. The normalized spacial score (nSPS) is 15.3. The second-order valence-electron chi connectivity index (χ2n) is 3.74. The van der Waals surface area contributed by atoms with Crippen LogP contribution in [0.3, 0.4) is 0 Å². The van der Waals surface area contributed by atoms with Crippen LogP contribution in [0.4, 0.5) is 27.4 Å². The van der Waals surface area contributed by atoms with Gasteiger partial charge in [0.25, 0.3) is 11.7 Å². The summed E-state index contributed by atoms with van der Waals surface area (Å²) in [6, 6.07) is 0.864. The highest BCUT2D eigenvalue weighted by molar-refractivity contribution is 6.62. The van der Waals surface area contributed by atoms with E-state index in [1.54, 1.807) is 0 Å². The zero-order valence-electron chi connectivity index (χ0n) is 8.59. The SMILES string of the molecule is O=C1C(=O)N(C[B-](F)(F)F)c2c(F)cc(F)cc21. The third kappa shape index (κ3) is 1.96. The summed E-state index contributed by atoms with van der Waals surface area (Å²) in [5.74, 6) is -5.35. The van der Waals surface area contributed by atoms with Crippen LogP contribution < -0.4 is 4.90 Å². The molecule has 18 heavy (non-hydrogen) atoms. The van der Waals surface area contributed by atoms with E-state index in [1.165, 1.54) is 0 Å². The summed E-state index contributed by atoms with van der Waals surface area (Å²) in [4.78, 5) is 22.6. The number of hydrogen-bond acceptors (Lipinski definition) is 2. The molecule has 0 fully saturated rings. The number of carbonyl (C=O) groups excluding carboxylic acids is 2. The van der Waals surface area contributed by atoms with Gasteiger partial charge in [-0.3, -0.25) is 9.59 Å². The average Bonchev–Trinajstić information content (AvgIpc) is 2.42. The fourth-order valence-corrected chi connectivity index (χ4v) is 1.73. The van der Waals surface area contributed by atoms with Gasteiger partial charge in [-0.05, 0) is 12.5 Å². The van der Waals surface area contributed by atoms with Crippen molar-refractivity contribution in [3.05, 3.63) is 29.3 Å². The summed E-state index contributed by atoms with van der Waals surface area (Å²) in [5, 5.41) is 0. The van der Waals surface area contributed by atoms with Gasteiger partial charge in [-0.15, -0.1) is 0 Å². The fraction of sp³-hybridized carbons (Fsp3) is 0.111. The lowest BCUT2D eigenvalue weighted by Gasteiger charge is -2.23. The maximum absolute atomic E-state index is 13.4. The van der Waals surface area contributed by atoms with E-state index in [0.717, 1.165) is 0 Å². The molecule has 0 N–H and O–H groups in total. The molecule has 1 amide bonds.